The molecule has 0 bridgehead atoms. The molecule has 2 N–H and O–H groups in total. The Morgan fingerprint density at radius 1 is 1.27 bits per heavy atom. The van der Waals surface area contributed by atoms with Gasteiger partial charge in [-0.1, -0.05) is 12.8 Å². The predicted molar refractivity (Wildman–Crippen MR) is 53.0 cm³/mol. The molecule has 0 heterocycles. The van der Waals surface area contributed by atoms with Crippen LogP contribution < -0.4 is 5.73 Å². The highest BCUT2D eigenvalue weighted by molar-refractivity contribution is 7.99. The molecule has 0 aromatic rings. The molecule has 0 saturated heterocycles. The molecular weight excluding hydrogens is 154 g/mol. The zero-order valence-corrected chi connectivity index (χ0v) is 8.04. The minimum atomic E-state index is 0.859. The van der Waals surface area contributed by atoms with E-state index < -0.39 is 0 Å². The molecule has 1 nitrogen and oxygen atoms in total. The van der Waals surface area contributed by atoms with E-state index in [0.29, 0.717) is 0 Å². The first kappa shape index (κ1) is 9.40. The highest BCUT2D eigenvalue weighted by Gasteiger charge is 2.13. The molecule has 11 heavy (non-hydrogen) atoms. The summed E-state index contributed by atoms with van der Waals surface area (Å²) >= 11 is 2.10. The molecule has 1 aliphatic rings. The number of thioether (sulfide) groups is 1. The van der Waals surface area contributed by atoms with Crippen molar-refractivity contribution >= 4 is 11.8 Å². The lowest BCUT2D eigenvalue weighted by Gasteiger charge is -2.06. The summed E-state index contributed by atoms with van der Waals surface area (Å²) in [5.41, 5.74) is 5.41. The summed E-state index contributed by atoms with van der Waals surface area (Å²) in [5.74, 6) is 3.70. The summed E-state index contributed by atoms with van der Waals surface area (Å²) in [7, 11) is 0. The van der Waals surface area contributed by atoms with Gasteiger partial charge in [0, 0.05) is 0 Å². The van der Waals surface area contributed by atoms with Crippen molar-refractivity contribution in [2.45, 2.75) is 32.1 Å². The Balaban J connectivity index is 1.86. The van der Waals surface area contributed by atoms with Crippen molar-refractivity contribution in [1.82, 2.24) is 0 Å². The van der Waals surface area contributed by atoms with E-state index >= 15 is 0 Å². The lowest BCUT2D eigenvalue weighted by molar-refractivity contribution is 0.623. The van der Waals surface area contributed by atoms with E-state index in [1.807, 2.05) is 0 Å². The topological polar surface area (TPSA) is 26.0 Å². The van der Waals surface area contributed by atoms with Crippen LogP contribution in [-0.2, 0) is 0 Å². The summed E-state index contributed by atoms with van der Waals surface area (Å²) in [4.78, 5) is 0. The van der Waals surface area contributed by atoms with Crippen molar-refractivity contribution in [3.63, 3.8) is 0 Å². The van der Waals surface area contributed by atoms with Crippen molar-refractivity contribution < 1.29 is 0 Å². The molecule has 1 fully saturated rings. The molecule has 66 valence electrons. The van der Waals surface area contributed by atoms with Crippen LogP contribution in [0.3, 0.4) is 0 Å². The number of hydrogen-bond acceptors (Lipinski definition) is 2. The van der Waals surface area contributed by atoms with Gasteiger partial charge in [-0.3, -0.25) is 0 Å². The second kappa shape index (κ2) is 5.90. The van der Waals surface area contributed by atoms with Crippen molar-refractivity contribution in [2.24, 2.45) is 11.7 Å². The third-order valence-corrected chi connectivity index (χ3v) is 3.61. The second-order valence-corrected chi connectivity index (χ2v) is 4.52. The standard InChI is InChI=1S/C9H19NS/c10-6-3-7-11-8-9-4-1-2-5-9/h9H,1-8,10H2. The number of rotatable bonds is 5. The third kappa shape index (κ3) is 4.02. The summed E-state index contributed by atoms with van der Waals surface area (Å²) in [5, 5.41) is 0. The molecule has 1 rings (SSSR count). The SMILES string of the molecule is NCCCSCC1CCCC1. The second-order valence-electron chi connectivity index (χ2n) is 3.37. The Morgan fingerprint density at radius 3 is 2.64 bits per heavy atom. The highest BCUT2D eigenvalue weighted by Crippen LogP contribution is 2.27. The zero-order valence-electron chi connectivity index (χ0n) is 7.22. The van der Waals surface area contributed by atoms with Gasteiger partial charge in [-0.25, -0.2) is 0 Å². The van der Waals surface area contributed by atoms with Gasteiger partial charge < -0.3 is 5.73 Å². The fraction of sp³-hybridized carbons (Fsp3) is 1.00. The predicted octanol–water partition coefficient (Wildman–Crippen LogP) is 2.26. The Kier molecular flexibility index (Phi) is 5.04. The van der Waals surface area contributed by atoms with E-state index in [1.165, 1.54) is 43.6 Å². The molecule has 1 aliphatic carbocycles. The quantitative estimate of drug-likeness (QED) is 0.645. The van der Waals surface area contributed by atoms with Gasteiger partial charge in [0.2, 0.25) is 0 Å². The van der Waals surface area contributed by atoms with Crippen molar-refractivity contribution in [3.05, 3.63) is 0 Å². The molecule has 0 aromatic carbocycles. The minimum Gasteiger partial charge on any atom is -0.330 e. The summed E-state index contributed by atoms with van der Waals surface area (Å²) < 4.78 is 0. The third-order valence-electron chi connectivity index (χ3n) is 2.32. The molecule has 2 heteroatoms. The number of hydrogen-bond donors (Lipinski definition) is 1. The van der Waals surface area contributed by atoms with Gasteiger partial charge in [0.1, 0.15) is 0 Å². The maximum Gasteiger partial charge on any atom is -0.00391 e. The fourth-order valence-electron chi connectivity index (χ4n) is 1.61. The first-order valence-electron chi connectivity index (χ1n) is 4.71. The van der Waals surface area contributed by atoms with Crippen LogP contribution in [0, 0.1) is 5.92 Å². The van der Waals surface area contributed by atoms with Crippen LogP contribution in [0.2, 0.25) is 0 Å². The van der Waals surface area contributed by atoms with E-state index in [1.54, 1.807) is 0 Å². The summed E-state index contributed by atoms with van der Waals surface area (Å²) in [6.45, 7) is 0.859. The van der Waals surface area contributed by atoms with Crippen LogP contribution in [-0.4, -0.2) is 18.1 Å². The Hall–Kier alpha value is 0.310. The molecule has 0 spiro atoms. The molecule has 0 atom stereocenters. The maximum atomic E-state index is 5.41. The van der Waals surface area contributed by atoms with E-state index in [9.17, 15) is 0 Å². The van der Waals surface area contributed by atoms with Gasteiger partial charge in [0.25, 0.3) is 0 Å². The average Bonchev–Trinajstić information content (AvgIpc) is 2.50. The Bertz CT molecular complexity index is 89.6. The molecule has 0 amide bonds. The summed E-state index contributed by atoms with van der Waals surface area (Å²) in [6, 6.07) is 0. The van der Waals surface area contributed by atoms with Crippen LogP contribution in [0.1, 0.15) is 32.1 Å². The van der Waals surface area contributed by atoms with Gasteiger partial charge in [-0.05, 0) is 43.2 Å². The van der Waals surface area contributed by atoms with Gasteiger partial charge >= 0.3 is 0 Å². The molecular formula is C9H19NS. The van der Waals surface area contributed by atoms with Crippen LogP contribution in [0.5, 0.6) is 0 Å². The van der Waals surface area contributed by atoms with Crippen molar-refractivity contribution in [2.75, 3.05) is 18.1 Å². The summed E-state index contributed by atoms with van der Waals surface area (Å²) in [6.07, 6.45) is 7.10. The van der Waals surface area contributed by atoms with Crippen LogP contribution in [0.25, 0.3) is 0 Å². The van der Waals surface area contributed by atoms with E-state index in [4.69, 9.17) is 5.73 Å². The molecule has 0 aliphatic heterocycles. The molecule has 0 aromatic heterocycles. The largest absolute Gasteiger partial charge is 0.330 e. The highest BCUT2D eigenvalue weighted by atomic mass is 32.2. The van der Waals surface area contributed by atoms with E-state index in [0.717, 1.165) is 12.5 Å². The Labute approximate surface area is 74.1 Å². The van der Waals surface area contributed by atoms with Crippen molar-refractivity contribution in [1.29, 1.82) is 0 Å². The normalized spacial score (nSPS) is 19.4. The zero-order chi connectivity index (χ0) is 7.94. The fourth-order valence-corrected chi connectivity index (χ4v) is 2.82. The maximum absolute atomic E-state index is 5.41. The minimum absolute atomic E-state index is 0.859. The van der Waals surface area contributed by atoms with E-state index in [2.05, 4.69) is 11.8 Å². The molecule has 0 radical (unpaired) electrons. The molecule has 0 unspecified atom stereocenters. The van der Waals surface area contributed by atoms with Crippen molar-refractivity contribution in [3.8, 4) is 0 Å². The first-order valence-corrected chi connectivity index (χ1v) is 5.87. The van der Waals surface area contributed by atoms with Gasteiger partial charge in [-0.2, -0.15) is 11.8 Å². The monoisotopic (exact) mass is 173 g/mol. The van der Waals surface area contributed by atoms with Crippen LogP contribution in [0.15, 0.2) is 0 Å². The number of nitrogens with two attached hydrogens (primary N) is 1. The van der Waals surface area contributed by atoms with E-state index in [-0.39, 0.29) is 0 Å². The lowest BCUT2D eigenvalue weighted by atomic mass is 10.1. The first-order chi connectivity index (χ1) is 5.43. The van der Waals surface area contributed by atoms with Gasteiger partial charge in [0.05, 0.1) is 0 Å². The van der Waals surface area contributed by atoms with Crippen LogP contribution >= 0.6 is 11.8 Å². The lowest BCUT2D eigenvalue weighted by Crippen LogP contribution is -2.02. The van der Waals surface area contributed by atoms with Crippen LogP contribution in [0.4, 0.5) is 0 Å². The average molecular weight is 173 g/mol. The molecule has 1 saturated carbocycles. The Morgan fingerprint density at radius 2 is 2.00 bits per heavy atom. The van der Waals surface area contributed by atoms with Gasteiger partial charge in [-0.15, -0.1) is 0 Å². The smallest absolute Gasteiger partial charge is 0.00391 e. The van der Waals surface area contributed by atoms with Gasteiger partial charge in [0.15, 0.2) is 0 Å².